The molecule has 0 bridgehead atoms. The molecule has 1 aliphatic heterocycles. The first-order valence-electron chi connectivity index (χ1n) is 6.12. The smallest absolute Gasteiger partial charge is 0.288 e. The number of aromatic nitrogens is 3. The van der Waals surface area contributed by atoms with Crippen molar-refractivity contribution in [1.29, 1.82) is 0 Å². The van der Waals surface area contributed by atoms with Crippen LogP contribution in [0.1, 0.15) is 6.23 Å². The number of aliphatic hydroxyl groups excluding tert-OH is 3. The predicted octanol–water partition coefficient (Wildman–Crippen LogP) is -1.43. The summed E-state index contributed by atoms with van der Waals surface area (Å²) in [4.78, 5) is 12.0. The molecule has 6 N–H and O–H groups in total. The van der Waals surface area contributed by atoms with E-state index in [1.165, 1.54) is 10.8 Å². The second kappa shape index (κ2) is 4.97. The molecule has 21 heavy (non-hydrogen) atoms. The van der Waals surface area contributed by atoms with Crippen LogP contribution in [0.5, 0.6) is 0 Å². The van der Waals surface area contributed by atoms with Crippen molar-refractivity contribution in [2.75, 3.05) is 12.3 Å². The summed E-state index contributed by atoms with van der Waals surface area (Å²) in [5, 5.41) is 35.2. The summed E-state index contributed by atoms with van der Waals surface area (Å²) in [6.07, 6.45) is -3.29. The van der Waals surface area contributed by atoms with Crippen LogP contribution in [0.4, 0.5) is 5.82 Å². The Kier molecular flexibility index (Phi) is 3.38. The Morgan fingerprint density at radius 1 is 1.48 bits per heavy atom. The SMILES string of the molecule is Nc1n[nH]c(=O)c2c1c(Cl)cn2C1OC(CO)C(O)C1O. The number of ether oxygens (including phenoxy) is 1. The van der Waals surface area contributed by atoms with Crippen LogP contribution >= 0.6 is 11.6 Å². The highest BCUT2D eigenvalue weighted by Gasteiger charge is 2.44. The summed E-state index contributed by atoms with van der Waals surface area (Å²) in [5.74, 6) is 0.0279. The highest BCUT2D eigenvalue weighted by Crippen LogP contribution is 2.35. The molecule has 2 aromatic rings. The molecule has 0 saturated carbocycles. The molecule has 4 atom stereocenters. The van der Waals surface area contributed by atoms with E-state index in [1.54, 1.807) is 0 Å². The molecule has 2 aromatic heterocycles. The van der Waals surface area contributed by atoms with Crippen LogP contribution in [0.3, 0.4) is 0 Å². The molecule has 3 heterocycles. The monoisotopic (exact) mass is 316 g/mol. The molecule has 0 aromatic carbocycles. The summed E-state index contributed by atoms with van der Waals surface area (Å²) < 4.78 is 6.65. The van der Waals surface area contributed by atoms with Crippen LogP contribution in [0, 0.1) is 0 Å². The molecule has 0 amide bonds. The van der Waals surface area contributed by atoms with Gasteiger partial charge in [-0.2, -0.15) is 5.10 Å². The van der Waals surface area contributed by atoms with E-state index < -0.39 is 36.7 Å². The number of aliphatic hydroxyl groups is 3. The predicted molar refractivity (Wildman–Crippen MR) is 72.8 cm³/mol. The third kappa shape index (κ3) is 2.01. The molecule has 1 aliphatic rings. The Balaban J connectivity index is 2.18. The van der Waals surface area contributed by atoms with Gasteiger partial charge >= 0.3 is 0 Å². The van der Waals surface area contributed by atoms with E-state index in [0.29, 0.717) is 0 Å². The number of rotatable bonds is 2. The van der Waals surface area contributed by atoms with E-state index in [-0.39, 0.29) is 21.7 Å². The molecule has 9 nitrogen and oxygen atoms in total. The number of hydrogen-bond acceptors (Lipinski definition) is 7. The van der Waals surface area contributed by atoms with Gasteiger partial charge in [-0.05, 0) is 0 Å². The maximum absolute atomic E-state index is 12.0. The first kappa shape index (κ1) is 14.3. The fourth-order valence-electron chi connectivity index (χ4n) is 2.50. The van der Waals surface area contributed by atoms with Gasteiger partial charge in [0, 0.05) is 6.20 Å². The average Bonchev–Trinajstić information content (AvgIpc) is 2.94. The zero-order valence-electron chi connectivity index (χ0n) is 10.6. The number of nitrogens with zero attached hydrogens (tertiary/aromatic N) is 2. The number of H-pyrrole nitrogens is 1. The summed E-state index contributed by atoms with van der Waals surface area (Å²) in [7, 11) is 0. The number of fused-ring (bicyclic) bond motifs is 1. The third-order valence-corrected chi connectivity index (χ3v) is 3.81. The summed E-state index contributed by atoms with van der Waals surface area (Å²) in [6.45, 7) is -0.471. The molecule has 1 fully saturated rings. The van der Waals surface area contributed by atoms with Gasteiger partial charge in [-0.15, -0.1) is 0 Å². The number of nitrogens with two attached hydrogens (primary N) is 1. The van der Waals surface area contributed by atoms with Gasteiger partial charge in [0.1, 0.15) is 23.8 Å². The Morgan fingerprint density at radius 3 is 2.81 bits per heavy atom. The van der Waals surface area contributed by atoms with Crippen LogP contribution in [-0.2, 0) is 4.74 Å². The average molecular weight is 317 g/mol. The Bertz CT molecular complexity index is 744. The standard InChI is InChI=1S/C11H13ClN4O5/c12-3-1-16(6-5(3)9(13)14-15-10(6)20)11-8(19)7(18)4(2-17)21-11/h1,4,7-8,11,17-19H,2H2,(H2,13,14)(H,15,20). The van der Waals surface area contributed by atoms with Gasteiger partial charge in [-0.1, -0.05) is 11.6 Å². The first-order chi connectivity index (χ1) is 9.95. The zero-order chi connectivity index (χ0) is 15.3. The summed E-state index contributed by atoms with van der Waals surface area (Å²) >= 11 is 6.05. The van der Waals surface area contributed by atoms with E-state index in [4.69, 9.17) is 27.2 Å². The molecule has 1 saturated heterocycles. The lowest BCUT2D eigenvalue weighted by Gasteiger charge is -2.17. The van der Waals surface area contributed by atoms with Crippen molar-refractivity contribution in [1.82, 2.24) is 14.8 Å². The van der Waals surface area contributed by atoms with Crippen molar-refractivity contribution in [3.05, 3.63) is 21.6 Å². The lowest BCUT2D eigenvalue weighted by molar-refractivity contribution is -0.0507. The molecule has 0 aliphatic carbocycles. The number of nitrogen functional groups attached to an aromatic ring is 1. The summed E-state index contributed by atoms with van der Waals surface area (Å²) in [6, 6.07) is 0. The quantitative estimate of drug-likeness (QED) is 0.456. The number of anilines is 1. The van der Waals surface area contributed by atoms with Crippen LogP contribution in [0.15, 0.2) is 11.0 Å². The topological polar surface area (TPSA) is 147 Å². The van der Waals surface area contributed by atoms with Crippen LogP contribution < -0.4 is 11.3 Å². The van der Waals surface area contributed by atoms with Crippen molar-refractivity contribution in [2.24, 2.45) is 0 Å². The molecule has 114 valence electrons. The van der Waals surface area contributed by atoms with Crippen molar-refractivity contribution >= 4 is 28.3 Å². The normalized spacial score (nSPS) is 29.3. The van der Waals surface area contributed by atoms with E-state index in [2.05, 4.69) is 10.2 Å². The Hall–Kier alpha value is -1.65. The van der Waals surface area contributed by atoms with E-state index in [9.17, 15) is 15.0 Å². The maximum Gasteiger partial charge on any atom is 0.288 e. The van der Waals surface area contributed by atoms with Gasteiger partial charge in [-0.3, -0.25) is 4.79 Å². The van der Waals surface area contributed by atoms with Crippen LogP contribution in [-0.4, -0.2) is 55.0 Å². The lowest BCUT2D eigenvalue weighted by atomic mass is 10.1. The van der Waals surface area contributed by atoms with Gasteiger partial charge in [0.15, 0.2) is 12.0 Å². The molecule has 10 heteroatoms. The van der Waals surface area contributed by atoms with Gasteiger partial charge in [0.05, 0.1) is 17.0 Å². The second-order valence-corrected chi connectivity index (χ2v) is 5.18. The molecule has 3 rings (SSSR count). The minimum atomic E-state index is -1.33. The van der Waals surface area contributed by atoms with Gasteiger partial charge in [0.2, 0.25) is 0 Å². The van der Waals surface area contributed by atoms with E-state index >= 15 is 0 Å². The fraction of sp³-hybridized carbons (Fsp3) is 0.455. The minimum Gasteiger partial charge on any atom is -0.394 e. The Morgan fingerprint density at radius 2 is 2.19 bits per heavy atom. The zero-order valence-corrected chi connectivity index (χ0v) is 11.4. The summed E-state index contributed by atoms with van der Waals surface area (Å²) in [5.41, 5.74) is 5.19. The van der Waals surface area contributed by atoms with Crippen LogP contribution in [0.25, 0.3) is 10.9 Å². The fourth-order valence-corrected chi connectivity index (χ4v) is 2.79. The van der Waals surface area contributed by atoms with E-state index in [1.807, 2.05) is 0 Å². The maximum atomic E-state index is 12.0. The molecular formula is C11H13ClN4O5. The van der Waals surface area contributed by atoms with Crippen LogP contribution in [0.2, 0.25) is 5.02 Å². The van der Waals surface area contributed by atoms with Crippen molar-refractivity contribution in [2.45, 2.75) is 24.5 Å². The van der Waals surface area contributed by atoms with Gasteiger partial charge in [0.25, 0.3) is 5.56 Å². The molecule has 0 radical (unpaired) electrons. The number of hydrogen-bond donors (Lipinski definition) is 5. The highest BCUT2D eigenvalue weighted by atomic mass is 35.5. The Labute approximate surface area is 122 Å². The highest BCUT2D eigenvalue weighted by molar-refractivity contribution is 6.36. The number of nitrogens with one attached hydrogen (secondary N) is 1. The molecule has 0 spiro atoms. The lowest BCUT2D eigenvalue weighted by Crippen LogP contribution is -2.33. The molecular weight excluding hydrogens is 304 g/mol. The molecule has 4 unspecified atom stereocenters. The van der Waals surface area contributed by atoms with Crippen molar-refractivity contribution < 1.29 is 20.1 Å². The number of aromatic amines is 1. The number of halogens is 1. The second-order valence-electron chi connectivity index (χ2n) is 4.77. The van der Waals surface area contributed by atoms with E-state index in [0.717, 1.165) is 0 Å². The first-order valence-corrected chi connectivity index (χ1v) is 6.50. The van der Waals surface area contributed by atoms with Crippen molar-refractivity contribution in [3.63, 3.8) is 0 Å². The van der Waals surface area contributed by atoms with Gasteiger partial charge < -0.3 is 30.4 Å². The largest absolute Gasteiger partial charge is 0.394 e. The third-order valence-electron chi connectivity index (χ3n) is 3.53. The minimum absolute atomic E-state index is 0.0279. The van der Waals surface area contributed by atoms with Gasteiger partial charge in [-0.25, -0.2) is 5.10 Å². The van der Waals surface area contributed by atoms with Crippen molar-refractivity contribution in [3.8, 4) is 0 Å².